The van der Waals surface area contributed by atoms with E-state index in [1.807, 2.05) is 72.3 Å². The molecule has 3 aromatic carbocycles. The summed E-state index contributed by atoms with van der Waals surface area (Å²) in [7, 11) is 4.91. The van der Waals surface area contributed by atoms with Crippen LogP contribution in [-0.2, 0) is 0 Å². The van der Waals surface area contributed by atoms with Crippen molar-refractivity contribution in [3.8, 4) is 33.5 Å². The second-order valence-electron chi connectivity index (χ2n) is 6.98. The second kappa shape index (κ2) is 10.9. The molecule has 0 aliphatic heterocycles. The van der Waals surface area contributed by atoms with E-state index in [4.69, 9.17) is 19.3 Å². The van der Waals surface area contributed by atoms with Crippen LogP contribution in [0.4, 0.5) is 10.8 Å². The van der Waals surface area contributed by atoms with Crippen LogP contribution in [0.5, 0.6) is 17.2 Å². The highest BCUT2D eigenvalue weighted by atomic mass is 79.9. The number of anilines is 2. The molecule has 0 unspecified atom stereocenters. The third-order valence-corrected chi connectivity index (χ3v) is 6.50. The number of benzene rings is 3. The minimum atomic E-state index is 0. The van der Waals surface area contributed by atoms with Crippen molar-refractivity contribution in [1.29, 1.82) is 0 Å². The fourth-order valence-corrected chi connectivity index (χ4v) is 4.93. The maximum Gasteiger partial charge on any atom is 0.306 e. The second-order valence-corrected chi connectivity index (χ2v) is 8.81. The summed E-state index contributed by atoms with van der Waals surface area (Å²) in [6.07, 6.45) is 0. The Hall–Kier alpha value is -2.81. The molecule has 1 N–H and O–H groups in total. The molecule has 0 spiro atoms. The molecular weight excluding hydrogens is 526 g/mol. The highest BCUT2D eigenvalue weighted by Crippen LogP contribution is 2.40. The van der Waals surface area contributed by atoms with Gasteiger partial charge < -0.3 is 31.9 Å². The zero-order chi connectivity index (χ0) is 22.7. The minimum absolute atomic E-state index is 0. The lowest BCUT2D eigenvalue weighted by atomic mass is 10.2. The number of methoxy groups -OCH3 is 3. The first kappa shape index (κ1) is 24.8. The van der Waals surface area contributed by atoms with Gasteiger partial charge in [0.25, 0.3) is 5.13 Å². The maximum absolute atomic E-state index is 5.54. The minimum Gasteiger partial charge on any atom is -1.00 e. The van der Waals surface area contributed by atoms with E-state index < -0.39 is 0 Å². The Morgan fingerprint density at radius 1 is 0.879 bits per heavy atom. The molecule has 0 amide bonds. The van der Waals surface area contributed by atoms with E-state index in [1.54, 1.807) is 21.3 Å². The summed E-state index contributed by atoms with van der Waals surface area (Å²) < 4.78 is 19.3. The summed E-state index contributed by atoms with van der Waals surface area (Å²) in [4.78, 5) is 0. The van der Waals surface area contributed by atoms with E-state index in [2.05, 4.69) is 21.2 Å². The SMILES string of the molecule is COc1ccc(C)cc1Nc1n[n+](-c2ccccc2)c(-c2cc(OC)c(OC)cc2Br)s1.[Cl-]. The number of hydrogen-bond donors (Lipinski definition) is 1. The summed E-state index contributed by atoms with van der Waals surface area (Å²) in [5, 5.41) is 9.96. The summed E-state index contributed by atoms with van der Waals surface area (Å²) >= 11 is 5.23. The Bertz CT molecular complexity index is 1250. The van der Waals surface area contributed by atoms with Gasteiger partial charge >= 0.3 is 5.01 Å². The van der Waals surface area contributed by atoms with Gasteiger partial charge in [0.2, 0.25) is 5.69 Å². The largest absolute Gasteiger partial charge is 1.00 e. The first-order valence-corrected chi connectivity index (χ1v) is 11.5. The average molecular weight is 549 g/mol. The summed E-state index contributed by atoms with van der Waals surface area (Å²) in [6.45, 7) is 2.04. The number of para-hydroxylation sites is 1. The van der Waals surface area contributed by atoms with Crippen LogP contribution in [0.2, 0.25) is 0 Å². The topological polar surface area (TPSA) is 56.5 Å². The van der Waals surface area contributed by atoms with E-state index in [-0.39, 0.29) is 12.4 Å². The molecule has 0 radical (unpaired) electrons. The number of hydrogen-bond acceptors (Lipinski definition) is 6. The van der Waals surface area contributed by atoms with Gasteiger partial charge in [-0.2, -0.15) is 0 Å². The lowest BCUT2D eigenvalue weighted by Gasteiger charge is -2.09. The van der Waals surface area contributed by atoms with Crippen LogP contribution in [0, 0.1) is 6.92 Å². The monoisotopic (exact) mass is 547 g/mol. The van der Waals surface area contributed by atoms with E-state index in [0.29, 0.717) is 11.5 Å². The molecule has 0 bridgehead atoms. The third-order valence-electron chi connectivity index (χ3n) is 4.88. The molecule has 0 atom stereocenters. The van der Waals surface area contributed by atoms with E-state index in [1.165, 1.54) is 11.3 Å². The third kappa shape index (κ3) is 5.24. The molecule has 9 heteroatoms. The number of nitrogens with one attached hydrogen (secondary N) is 1. The highest BCUT2D eigenvalue weighted by molar-refractivity contribution is 9.10. The smallest absolute Gasteiger partial charge is 0.306 e. The first-order chi connectivity index (χ1) is 15.5. The van der Waals surface area contributed by atoms with Crippen LogP contribution in [-0.4, -0.2) is 26.4 Å². The molecule has 6 nitrogen and oxygen atoms in total. The molecule has 33 heavy (non-hydrogen) atoms. The van der Waals surface area contributed by atoms with Crippen molar-refractivity contribution in [3.63, 3.8) is 0 Å². The zero-order valence-corrected chi connectivity index (χ0v) is 21.7. The first-order valence-electron chi connectivity index (χ1n) is 9.86. The highest BCUT2D eigenvalue weighted by Gasteiger charge is 2.28. The van der Waals surface area contributed by atoms with Crippen molar-refractivity contribution in [2.24, 2.45) is 0 Å². The van der Waals surface area contributed by atoms with E-state index in [9.17, 15) is 0 Å². The number of aromatic nitrogens is 2. The van der Waals surface area contributed by atoms with E-state index in [0.717, 1.165) is 42.9 Å². The van der Waals surface area contributed by atoms with Crippen LogP contribution < -0.4 is 36.6 Å². The number of rotatable bonds is 7. The standard InChI is InChI=1S/C24H23BrN3O3S.ClH/c1-15-10-11-20(29-2)19(12-15)26-24-27-28(16-8-6-5-7-9-16)23(32-24)17-13-21(30-3)22(31-4)14-18(17)25;/h5-14H,1-4H3,(H,26,27);1H/q+1;/p-1. The van der Waals surface area contributed by atoms with Gasteiger partial charge in [-0.1, -0.05) is 24.3 Å². The Morgan fingerprint density at radius 2 is 1.55 bits per heavy atom. The van der Waals surface area contributed by atoms with Crippen molar-refractivity contribution in [2.45, 2.75) is 6.92 Å². The number of nitrogens with zero attached hydrogens (tertiary/aromatic N) is 2. The number of halogens is 2. The van der Waals surface area contributed by atoms with Gasteiger partial charge in [0, 0.05) is 27.8 Å². The zero-order valence-electron chi connectivity index (χ0n) is 18.6. The Morgan fingerprint density at radius 3 is 2.21 bits per heavy atom. The molecule has 4 aromatic rings. The molecule has 0 aliphatic carbocycles. The Balaban J connectivity index is 0.00000306. The Labute approximate surface area is 211 Å². The summed E-state index contributed by atoms with van der Waals surface area (Å²) in [5.74, 6) is 2.06. The molecule has 0 aliphatic rings. The molecule has 0 saturated carbocycles. The molecule has 1 heterocycles. The predicted molar refractivity (Wildman–Crippen MR) is 131 cm³/mol. The maximum atomic E-state index is 5.54. The lowest BCUT2D eigenvalue weighted by molar-refractivity contribution is -0.642. The molecule has 1 aromatic heterocycles. The van der Waals surface area contributed by atoms with Gasteiger partial charge in [0.1, 0.15) is 5.75 Å². The van der Waals surface area contributed by atoms with Crippen molar-refractivity contribution < 1.29 is 31.3 Å². The molecule has 172 valence electrons. The van der Waals surface area contributed by atoms with Crippen LogP contribution in [0.25, 0.3) is 16.3 Å². The van der Waals surface area contributed by atoms with Gasteiger partial charge in [0.15, 0.2) is 11.5 Å². The number of aryl methyl sites for hydroxylation is 1. The summed E-state index contributed by atoms with van der Waals surface area (Å²) in [5.41, 5.74) is 3.88. The molecule has 0 saturated heterocycles. The van der Waals surface area contributed by atoms with E-state index >= 15 is 0 Å². The Kier molecular flexibility index (Phi) is 8.18. The molecule has 4 rings (SSSR count). The van der Waals surface area contributed by atoms with Crippen molar-refractivity contribution in [1.82, 2.24) is 5.10 Å². The van der Waals surface area contributed by atoms with Crippen molar-refractivity contribution in [3.05, 3.63) is 70.7 Å². The van der Waals surface area contributed by atoms with Gasteiger partial charge in [-0.3, -0.25) is 0 Å². The lowest BCUT2D eigenvalue weighted by Crippen LogP contribution is -3.00. The quantitative estimate of drug-likeness (QED) is 0.360. The van der Waals surface area contributed by atoms with Gasteiger partial charge in [-0.25, -0.2) is 0 Å². The molecular formula is C24H23BrClN3O3S. The van der Waals surface area contributed by atoms with Crippen LogP contribution in [0.3, 0.4) is 0 Å². The normalized spacial score (nSPS) is 10.3. The summed E-state index contributed by atoms with van der Waals surface area (Å²) in [6, 6.07) is 19.9. The van der Waals surface area contributed by atoms with Gasteiger partial charge in [-0.05, 0) is 62.6 Å². The fraction of sp³-hybridized carbons (Fsp3) is 0.167. The van der Waals surface area contributed by atoms with Crippen LogP contribution in [0.15, 0.2) is 65.1 Å². The van der Waals surface area contributed by atoms with Crippen molar-refractivity contribution in [2.75, 3.05) is 26.6 Å². The molecule has 0 fully saturated rings. The average Bonchev–Trinajstić information content (AvgIpc) is 3.23. The fourth-order valence-electron chi connectivity index (χ4n) is 3.31. The van der Waals surface area contributed by atoms with Gasteiger partial charge in [0.05, 0.1) is 32.6 Å². The number of ether oxygens (including phenoxy) is 3. The van der Waals surface area contributed by atoms with Gasteiger partial charge in [-0.15, -0.1) is 0 Å². The predicted octanol–water partition coefficient (Wildman–Crippen LogP) is 2.93. The van der Waals surface area contributed by atoms with Crippen LogP contribution >= 0.6 is 27.3 Å². The van der Waals surface area contributed by atoms with Crippen LogP contribution in [0.1, 0.15) is 5.56 Å². The van der Waals surface area contributed by atoms with Crippen molar-refractivity contribution >= 4 is 38.1 Å².